The van der Waals surface area contributed by atoms with Crippen LogP contribution >= 0.6 is 0 Å². The summed E-state index contributed by atoms with van der Waals surface area (Å²) in [6.07, 6.45) is 4.27. The largest absolute Gasteiger partial charge is 0.505 e. The van der Waals surface area contributed by atoms with E-state index in [1.165, 1.54) is 4.90 Å². The van der Waals surface area contributed by atoms with Crippen LogP contribution in [0.5, 0.6) is 5.75 Å². The summed E-state index contributed by atoms with van der Waals surface area (Å²) < 4.78 is 12.8. The predicted molar refractivity (Wildman–Crippen MR) is 132 cm³/mol. The van der Waals surface area contributed by atoms with E-state index in [0.717, 1.165) is 12.8 Å². The van der Waals surface area contributed by atoms with Crippen molar-refractivity contribution < 1.29 is 24.2 Å². The molecule has 8 nitrogen and oxygen atoms in total. The van der Waals surface area contributed by atoms with E-state index < -0.39 is 17.7 Å². The van der Waals surface area contributed by atoms with E-state index in [2.05, 4.69) is 11.9 Å². The van der Waals surface area contributed by atoms with Crippen molar-refractivity contribution in [2.75, 3.05) is 26.9 Å². The molecule has 35 heavy (non-hydrogen) atoms. The molecule has 1 aromatic carbocycles. The van der Waals surface area contributed by atoms with Gasteiger partial charge in [0.1, 0.15) is 17.1 Å². The van der Waals surface area contributed by atoms with Gasteiger partial charge in [-0.2, -0.15) is 0 Å². The van der Waals surface area contributed by atoms with Gasteiger partial charge in [-0.25, -0.2) is 4.98 Å². The number of ketones is 1. The SMILES string of the molecule is CCCCOc1cccc(C2/C(=C(\O)c3c(C)nc4ccccn34)C(=O)C(=O)N2CCCOC)c1. The van der Waals surface area contributed by atoms with Gasteiger partial charge in [0.15, 0.2) is 5.76 Å². The first-order valence-corrected chi connectivity index (χ1v) is 11.9. The Balaban J connectivity index is 1.84. The zero-order chi connectivity index (χ0) is 24.9. The molecule has 1 fully saturated rings. The number of ether oxygens (including phenoxy) is 2. The lowest BCUT2D eigenvalue weighted by Gasteiger charge is -2.25. The number of fused-ring (bicyclic) bond motifs is 1. The summed E-state index contributed by atoms with van der Waals surface area (Å²) in [5, 5.41) is 11.5. The first-order chi connectivity index (χ1) is 17.0. The molecular formula is C27H31N3O5. The number of carbonyl (C=O) groups excluding carboxylic acids is 2. The van der Waals surface area contributed by atoms with Crippen LogP contribution in [0.1, 0.15) is 49.2 Å². The van der Waals surface area contributed by atoms with E-state index in [9.17, 15) is 14.7 Å². The minimum Gasteiger partial charge on any atom is -0.505 e. The first kappa shape index (κ1) is 24.5. The number of aliphatic hydroxyl groups excluding tert-OH is 1. The molecule has 1 N–H and O–H groups in total. The number of benzene rings is 1. The fraction of sp³-hybridized carbons (Fsp3) is 0.370. The highest BCUT2D eigenvalue weighted by Crippen LogP contribution is 2.40. The Kier molecular flexibility index (Phi) is 7.51. The monoisotopic (exact) mass is 477 g/mol. The molecule has 2 aromatic heterocycles. The molecule has 0 saturated carbocycles. The van der Waals surface area contributed by atoms with Gasteiger partial charge in [-0.05, 0) is 49.6 Å². The van der Waals surface area contributed by atoms with Crippen LogP contribution in [-0.2, 0) is 14.3 Å². The zero-order valence-electron chi connectivity index (χ0n) is 20.4. The summed E-state index contributed by atoms with van der Waals surface area (Å²) in [6.45, 7) is 5.20. The third-order valence-electron chi connectivity index (χ3n) is 6.16. The van der Waals surface area contributed by atoms with Gasteiger partial charge in [-0.3, -0.25) is 14.0 Å². The quantitative estimate of drug-likeness (QED) is 0.203. The normalized spacial score (nSPS) is 17.5. The van der Waals surface area contributed by atoms with Crippen LogP contribution in [0.2, 0.25) is 0 Å². The van der Waals surface area contributed by atoms with Crippen LogP contribution in [0.25, 0.3) is 11.4 Å². The molecule has 0 spiro atoms. The number of aromatic nitrogens is 2. The molecule has 3 aromatic rings. The summed E-state index contributed by atoms with van der Waals surface area (Å²) in [7, 11) is 1.59. The van der Waals surface area contributed by atoms with Crippen molar-refractivity contribution in [2.45, 2.75) is 39.2 Å². The Hall–Kier alpha value is -3.65. The molecule has 1 saturated heterocycles. The van der Waals surface area contributed by atoms with Crippen LogP contribution in [0.15, 0.2) is 54.2 Å². The van der Waals surface area contributed by atoms with Crippen LogP contribution in [0.3, 0.4) is 0 Å². The Morgan fingerprint density at radius 2 is 1.94 bits per heavy atom. The van der Waals surface area contributed by atoms with Gasteiger partial charge >= 0.3 is 0 Å². The van der Waals surface area contributed by atoms with Gasteiger partial charge in [0.25, 0.3) is 11.7 Å². The number of amides is 1. The number of nitrogens with zero attached hydrogens (tertiary/aromatic N) is 3. The minimum atomic E-state index is -0.754. The lowest BCUT2D eigenvalue weighted by molar-refractivity contribution is -0.140. The third kappa shape index (κ3) is 4.79. The number of carbonyl (C=O) groups is 2. The number of hydrogen-bond acceptors (Lipinski definition) is 6. The number of hydrogen-bond donors (Lipinski definition) is 1. The highest BCUT2D eigenvalue weighted by molar-refractivity contribution is 6.46. The summed E-state index contributed by atoms with van der Waals surface area (Å²) in [4.78, 5) is 32.5. The van der Waals surface area contributed by atoms with Gasteiger partial charge in [0.05, 0.1) is 23.9 Å². The van der Waals surface area contributed by atoms with Gasteiger partial charge in [0, 0.05) is 26.5 Å². The smallest absolute Gasteiger partial charge is 0.295 e. The number of methoxy groups -OCH3 is 1. The zero-order valence-corrected chi connectivity index (χ0v) is 20.4. The summed E-state index contributed by atoms with van der Waals surface area (Å²) in [5.74, 6) is -0.940. The van der Waals surface area contributed by atoms with Gasteiger partial charge in [-0.15, -0.1) is 0 Å². The molecule has 0 bridgehead atoms. The van der Waals surface area contributed by atoms with Crippen molar-refractivity contribution in [1.82, 2.24) is 14.3 Å². The highest BCUT2D eigenvalue weighted by atomic mass is 16.5. The molecule has 1 amide bonds. The molecule has 184 valence electrons. The molecule has 0 radical (unpaired) electrons. The Labute approximate surface area is 204 Å². The Bertz CT molecular complexity index is 1260. The lowest BCUT2D eigenvalue weighted by Crippen LogP contribution is -2.31. The number of Topliss-reactive ketones (excluding diaryl/α,β-unsaturated/α-hetero) is 1. The molecule has 4 rings (SSSR count). The second-order valence-corrected chi connectivity index (χ2v) is 8.59. The maximum Gasteiger partial charge on any atom is 0.295 e. The molecule has 8 heteroatoms. The average molecular weight is 478 g/mol. The van der Waals surface area contributed by atoms with E-state index in [1.807, 2.05) is 42.5 Å². The van der Waals surface area contributed by atoms with Crippen LogP contribution < -0.4 is 4.74 Å². The number of aryl methyl sites for hydroxylation is 1. The van der Waals surface area contributed by atoms with E-state index >= 15 is 0 Å². The van der Waals surface area contributed by atoms with Crippen LogP contribution in [-0.4, -0.2) is 57.9 Å². The first-order valence-electron chi connectivity index (χ1n) is 11.9. The van der Waals surface area contributed by atoms with Gasteiger partial charge in [0.2, 0.25) is 0 Å². The highest BCUT2D eigenvalue weighted by Gasteiger charge is 2.46. The van der Waals surface area contributed by atoms with Crippen LogP contribution in [0, 0.1) is 6.92 Å². The van der Waals surface area contributed by atoms with Crippen molar-refractivity contribution in [2.24, 2.45) is 0 Å². The van der Waals surface area contributed by atoms with Crippen molar-refractivity contribution >= 4 is 23.1 Å². The second-order valence-electron chi connectivity index (χ2n) is 8.59. The van der Waals surface area contributed by atoms with Crippen molar-refractivity contribution in [3.63, 3.8) is 0 Å². The van der Waals surface area contributed by atoms with Gasteiger partial charge < -0.3 is 19.5 Å². The number of unbranched alkanes of at least 4 members (excludes halogenated alkanes) is 1. The van der Waals surface area contributed by atoms with Crippen molar-refractivity contribution in [1.29, 1.82) is 0 Å². The molecule has 3 heterocycles. The van der Waals surface area contributed by atoms with Gasteiger partial charge in [-0.1, -0.05) is 31.5 Å². The van der Waals surface area contributed by atoms with E-state index in [4.69, 9.17) is 9.47 Å². The minimum absolute atomic E-state index is 0.0480. The predicted octanol–water partition coefficient (Wildman–Crippen LogP) is 4.28. The number of likely N-dealkylation sites (tertiary alicyclic amines) is 1. The Morgan fingerprint density at radius 3 is 2.71 bits per heavy atom. The number of imidazole rings is 1. The molecule has 1 aliphatic rings. The summed E-state index contributed by atoms with van der Waals surface area (Å²) >= 11 is 0. The molecule has 1 unspecified atom stereocenters. The summed E-state index contributed by atoms with van der Waals surface area (Å²) in [5.41, 5.74) is 2.35. The molecule has 0 aliphatic carbocycles. The maximum atomic E-state index is 13.3. The van der Waals surface area contributed by atoms with Crippen molar-refractivity contribution in [3.05, 3.63) is 71.2 Å². The summed E-state index contributed by atoms with van der Waals surface area (Å²) in [6, 6.07) is 12.1. The topological polar surface area (TPSA) is 93.4 Å². The van der Waals surface area contributed by atoms with E-state index in [1.54, 1.807) is 24.6 Å². The second kappa shape index (κ2) is 10.7. The third-order valence-corrected chi connectivity index (χ3v) is 6.16. The fourth-order valence-electron chi connectivity index (χ4n) is 4.47. The standard InChI is InChI=1S/C27H31N3O5/c1-4-5-16-35-20-11-8-10-19(17-20)24-22(26(32)27(33)30(24)14-9-15-34-3)25(31)23-18(2)28-21-12-6-7-13-29(21)23/h6-8,10-13,17,24,31H,4-5,9,14-16H2,1-3H3/b25-22+. The van der Waals surface area contributed by atoms with Crippen LogP contribution in [0.4, 0.5) is 0 Å². The fourth-order valence-corrected chi connectivity index (χ4v) is 4.47. The molecular weight excluding hydrogens is 446 g/mol. The molecule has 1 aliphatic heterocycles. The maximum absolute atomic E-state index is 13.3. The van der Waals surface area contributed by atoms with E-state index in [-0.39, 0.29) is 11.3 Å². The molecule has 1 atom stereocenters. The lowest BCUT2D eigenvalue weighted by atomic mass is 9.96. The van der Waals surface area contributed by atoms with Crippen molar-refractivity contribution in [3.8, 4) is 5.75 Å². The average Bonchev–Trinajstić information content (AvgIpc) is 3.32. The number of aliphatic hydroxyl groups is 1. The van der Waals surface area contributed by atoms with E-state index in [0.29, 0.717) is 54.5 Å². The Morgan fingerprint density at radius 1 is 1.11 bits per heavy atom. The number of rotatable bonds is 10. The number of pyridine rings is 1.